The Hall–Kier alpha value is -1.01. The second-order valence-corrected chi connectivity index (χ2v) is 5.73. The van der Waals surface area contributed by atoms with Crippen molar-refractivity contribution in [2.45, 2.75) is 59.4 Å². The van der Waals surface area contributed by atoms with Gasteiger partial charge in [-0.1, -0.05) is 6.42 Å². The molecule has 0 aliphatic carbocycles. The molecular weight excluding hydrogens is 246 g/mol. The van der Waals surface area contributed by atoms with Gasteiger partial charge >= 0.3 is 0 Å². The lowest BCUT2D eigenvalue weighted by atomic mass is 9.89. The molecule has 100 valence electrons. The molecule has 0 saturated carbocycles. The minimum atomic E-state index is -0.212. The molecule has 4 heteroatoms. The Bertz CT molecular complexity index is 441. The molecule has 1 aromatic rings. The van der Waals surface area contributed by atoms with E-state index >= 15 is 0 Å². The third-order valence-electron chi connectivity index (χ3n) is 3.39. The average Bonchev–Trinajstić information content (AvgIpc) is 2.60. The molecule has 3 nitrogen and oxygen atoms in total. The molecule has 0 saturated heterocycles. The molecule has 0 N–H and O–H groups in total. The maximum absolute atomic E-state index is 8.94. The van der Waals surface area contributed by atoms with Crippen molar-refractivity contribution in [1.29, 1.82) is 5.26 Å². The van der Waals surface area contributed by atoms with Crippen molar-refractivity contribution in [1.82, 2.24) is 9.78 Å². The van der Waals surface area contributed by atoms with Gasteiger partial charge in [0.15, 0.2) is 0 Å². The van der Waals surface area contributed by atoms with Crippen LogP contribution < -0.4 is 0 Å². The molecular formula is C14H22ClN3. The van der Waals surface area contributed by atoms with Gasteiger partial charge in [-0.2, -0.15) is 10.4 Å². The van der Waals surface area contributed by atoms with Crippen LogP contribution >= 0.6 is 11.6 Å². The summed E-state index contributed by atoms with van der Waals surface area (Å²) in [7, 11) is 0. The molecule has 0 aromatic carbocycles. The van der Waals surface area contributed by atoms with Crippen molar-refractivity contribution in [3.63, 3.8) is 0 Å². The number of rotatable bonds is 6. The number of nitriles is 1. The Morgan fingerprint density at radius 1 is 1.33 bits per heavy atom. The van der Waals surface area contributed by atoms with Crippen molar-refractivity contribution in [2.24, 2.45) is 5.41 Å². The summed E-state index contributed by atoms with van der Waals surface area (Å²) in [4.78, 5) is 0. The van der Waals surface area contributed by atoms with Crippen LogP contribution in [0.2, 0.25) is 0 Å². The Kier molecular flexibility index (Phi) is 5.22. The molecule has 0 spiro atoms. The lowest BCUT2D eigenvalue weighted by Crippen LogP contribution is -2.09. The molecule has 0 aliphatic heterocycles. The minimum absolute atomic E-state index is 0.212. The summed E-state index contributed by atoms with van der Waals surface area (Å²) >= 11 is 5.90. The van der Waals surface area contributed by atoms with Crippen molar-refractivity contribution in [3.05, 3.63) is 17.0 Å². The zero-order valence-electron chi connectivity index (χ0n) is 11.8. The first-order valence-electron chi connectivity index (χ1n) is 6.41. The first kappa shape index (κ1) is 15.0. The zero-order chi connectivity index (χ0) is 13.8. The predicted octanol–water partition coefficient (Wildman–Crippen LogP) is 3.96. The highest BCUT2D eigenvalue weighted by Crippen LogP contribution is 2.22. The van der Waals surface area contributed by atoms with Gasteiger partial charge in [0.25, 0.3) is 0 Å². The van der Waals surface area contributed by atoms with Gasteiger partial charge in [-0.3, -0.25) is 4.68 Å². The van der Waals surface area contributed by atoms with Gasteiger partial charge in [0.05, 0.1) is 23.1 Å². The van der Waals surface area contributed by atoms with E-state index in [9.17, 15) is 0 Å². The molecule has 1 aromatic heterocycles. The quantitative estimate of drug-likeness (QED) is 0.578. The summed E-state index contributed by atoms with van der Waals surface area (Å²) in [6.45, 7) is 8.95. The third-order valence-corrected chi connectivity index (χ3v) is 3.66. The molecule has 0 atom stereocenters. The van der Waals surface area contributed by atoms with Gasteiger partial charge in [-0.15, -0.1) is 11.6 Å². The van der Waals surface area contributed by atoms with Crippen LogP contribution in [-0.2, 0) is 12.4 Å². The van der Waals surface area contributed by atoms with Crippen molar-refractivity contribution in [3.8, 4) is 6.07 Å². The SMILES string of the molecule is Cc1nn(CCCCC(C)(C)C#N)c(C)c1CCl. The van der Waals surface area contributed by atoms with Gasteiger partial charge in [-0.25, -0.2) is 0 Å². The van der Waals surface area contributed by atoms with Gasteiger partial charge in [0.1, 0.15) is 0 Å². The lowest BCUT2D eigenvalue weighted by molar-refractivity contribution is 0.410. The number of aryl methyl sites for hydroxylation is 2. The lowest BCUT2D eigenvalue weighted by Gasteiger charge is -2.14. The topological polar surface area (TPSA) is 41.6 Å². The highest BCUT2D eigenvalue weighted by atomic mass is 35.5. The minimum Gasteiger partial charge on any atom is -0.269 e. The molecule has 0 bridgehead atoms. The summed E-state index contributed by atoms with van der Waals surface area (Å²) in [6, 6.07) is 2.33. The second-order valence-electron chi connectivity index (χ2n) is 5.46. The standard InChI is InChI=1S/C14H22ClN3/c1-11-13(9-15)12(2)18(17-11)8-6-5-7-14(3,4)10-16/h5-9H2,1-4H3. The van der Waals surface area contributed by atoms with Crippen LogP contribution in [0.25, 0.3) is 0 Å². The maximum Gasteiger partial charge on any atom is 0.0683 e. The van der Waals surface area contributed by atoms with E-state index in [1.807, 2.05) is 25.5 Å². The normalized spacial score (nSPS) is 11.6. The fourth-order valence-electron chi connectivity index (χ4n) is 2.03. The molecule has 1 heterocycles. The predicted molar refractivity (Wildman–Crippen MR) is 74.5 cm³/mol. The van der Waals surface area contributed by atoms with E-state index in [1.165, 1.54) is 5.69 Å². The Balaban J connectivity index is 2.48. The highest BCUT2D eigenvalue weighted by molar-refractivity contribution is 6.17. The summed E-state index contributed by atoms with van der Waals surface area (Å²) in [5.41, 5.74) is 3.13. The first-order chi connectivity index (χ1) is 8.41. The number of aromatic nitrogens is 2. The maximum atomic E-state index is 8.94. The molecule has 0 aliphatic rings. The number of unbranched alkanes of at least 4 members (excludes halogenated alkanes) is 1. The van der Waals surface area contributed by atoms with Crippen molar-refractivity contribution < 1.29 is 0 Å². The fourth-order valence-corrected chi connectivity index (χ4v) is 2.42. The summed E-state index contributed by atoms with van der Waals surface area (Å²) < 4.78 is 2.03. The van der Waals surface area contributed by atoms with E-state index in [0.29, 0.717) is 5.88 Å². The van der Waals surface area contributed by atoms with Crippen molar-refractivity contribution in [2.75, 3.05) is 0 Å². The summed E-state index contributed by atoms with van der Waals surface area (Å²) in [6.07, 6.45) is 3.04. The van der Waals surface area contributed by atoms with E-state index < -0.39 is 0 Å². The van der Waals surface area contributed by atoms with Crippen LogP contribution in [0.1, 0.15) is 50.1 Å². The molecule has 0 amide bonds. The Morgan fingerprint density at radius 3 is 2.50 bits per heavy atom. The summed E-state index contributed by atoms with van der Waals surface area (Å²) in [5, 5.41) is 13.4. The zero-order valence-corrected chi connectivity index (χ0v) is 12.5. The molecule has 1 rings (SSSR count). The van der Waals surface area contributed by atoms with Crippen LogP contribution in [0.15, 0.2) is 0 Å². The first-order valence-corrected chi connectivity index (χ1v) is 6.95. The largest absolute Gasteiger partial charge is 0.269 e. The third kappa shape index (κ3) is 3.74. The van der Waals surface area contributed by atoms with Gasteiger partial charge in [-0.05, 0) is 40.5 Å². The van der Waals surface area contributed by atoms with E-state index in [-0.39, 0.29) is 5.41 Å². The number of halogens is 1. The van der Waals surface area contributed by atoms with E-state index in [2.05, 4.69) is 18.1 Å². The molecule has 18 heavy (non-hydrogen) atoms. The average molecular weight is 268 g/mol. The summed E-state index contributed by atoms with van der Waals surface area (Å²) in [5.74, 6) is 0.527. The smallest absolute Gasteiger partial charge is 0.0683 e. The Labute approximate surface area is 115 Å². The Morgan fingerprint density at radius 2 is 2.00 bits per heavy atom. The number of hydrogen-bond acceptors (Lipinski definition) is 2. The number of nitrogens with zero attached hydrogens (tertiary/aromatic N) is 3. The molecule has 0 fully saturated rings. The van der Waals surface area contributed by atoms with Crippen LogP contribution in [0, 0.1) is 30.6 Å². The van der Waals surface area contributed by atoms with Gasteiger partial charge in [0, 0.05) is 17.8 Å². The van der Waals surface area contributed by atoms with E-state index in [4.69, 9.17) is 16.9 Å². The van der Waals surface area contributed by atoms with Gasteiger partial charge < -0.3 is 0 Å². The monoisotopic (exact) mass is 267 g/mol. The highest BCUT2D eigenvalue weighted by Gasteiger charge is 2.16. The van der Waals surface area contributed by atoms with Crippen LogP contribution in [0.5, 0.6) is 0 Å². The molecule has 0 radical (unpaired) electrons. The van der Waals surface area contributed by atoms with Gasteiger partial charge in [0.2, 0.25) is 0 Å². The number of alkyl halides is 1. The number of hydrogen-bond donors (Lipinski definition) is 0. The van der Waals surface area contributed by atoms with Crippen molar-refractivity contribution >= 4 is 11.6 Å². The van der Waals surface area contributed by atoms with E-state index in [1.54, 1.807) is 0 Å². The van der Waals surface area contributed by atoms with E-state index in [0.717, 1.165) is 37.1 Å². The second kappa shape index (κ2) is 6.24. The fraction of sp³-hybridized carbons (Fsp3) is 0.714. The van der Waals surface area contributed by atoms with Crippen LogP contribution in [0.4, 0.5) is 0 Å². The van der Waals surface area contributed by atoms with Crippen LogP contribution in [-0.4, -0.2) is 9.78 Å². The van der Waals surface area contributed by atoms with Crippen LogP contribution in [0.3, 0.4) is 0 Å². The molecule has 0 unspecified atom stereocenters.